The molecule has 10 heteroatoms. The van der Waals surface area contributed by atoms with E-state index in [1.807, 2.05) is 0 Å². The fourth-order valence-corrected chi connectivity index (χ4v) is 3.52. The van der Waals surface area contributed by atoms with Crippen LogP contribution in [-0.4, -0.2) is 56.9 Å². The molecule has 180 valence electrons. The van der Waals surface area contributed by atoms with Gasteiger partial charge in [0.2, 0.25) is 0 Å². The van der Waals surface area contributed by atoms with Crippen molar-refractivity contribution in [3.8, 4) is 5.75 Å². The van der Waals surface area contributed by atoms with Crippen LogP contribution in [0.3, 0.4) is 0 Å². The minimum absolute atomic E-state index is 0.126. The Kier molecular flexibility index (Phi) is 10.2. The van der Waals surface area contributed by atoms with Crippen molar-refractivity contribution in [1.82, 2.24) is 5.32 Å². The number of hydrogen-bond donors (Lipinski definition) is 1. The van der Waals surface area contributed by atoms with E-state index >= 15 is 0 Å². The topological polar surface area (TPSA) is 92.3 Å². The second-order valence-electron chi connectivity index (χ2n) is 8.32. The lowest BCUT2D eigenvalue weighted by molar-refractivity contribution is -0.165. The number of halogens is 2. The smallest absolute Gasteiger partial charge is 0.408 e. The third-order valence-electron chi connectivity index (χ3n) is 4.48. The standard InChI is InChI=1S/C22H31BrFNO7/c1-22(2,3)32-21(27)25-17(20(26)28-4)12-14-11-15(23)18(13-16(14)24)29-9-10-31-19-7-5-6-8-30-19/h11,13,17,19H,5-10,12H2,1-4H3,(H,25,27)/t17-,19?/m0/s1. The summed E-state index contributed by atoms with van der Waals surface area (Å²) in [6.07, 6.45) is 1.82. The molecule has 0 radical (unpaired) electrons. The second-order valence-corrected chi connectivity index (χ2v) is 9.17. The number of nitrogens with one attached hydrogen (secondary N) is 1. The summed E-state index contributed by atoms with van der Waals surface area (Å²) >= 11 is 3.36. The Morgan fingerprint density at radius 2 is 2.03 bits per heavy atom. The van der Waals surface area contributed by atoms with Crippen molar-refractivity contribution >= 4 is 28.0 Å². The lowest BCUT2D eigenvalue weighted by Gasteiger charge is -2.23. The number of carbonyl (C=O) groups is 2. The molecule has 1 saturated heterocycles. The van der Waals surface area contributed by atoms with Gasteiger partial charge in [0.25, 0.3) is 0 Å². The molecule has 2 atom stereocenters. The van der Waals surface area contributed by atoms with Gasteiger partial charge in [0.15, 0.2) is 6.29 Å². The molecule has 1 fully saturated rings. The van der Waals surface area contributed by atoms with Gasteiger partial charge in [-0.15, -0.1) is 0 Å². The molecule has 1 unspecified atom stereocenters. The molecule has 1 aliphatic heterocycles. The average Bonchev–Trinajstić information content (AvgIpc) is 2.72. The lowest BCUT2D eigenvalue weighted by atomic mass is 10.1. The van der Waals surface area contributed by atoms with E-state index in [-0.39, 0.29) is 24.9 Å². The van der Waals surface area contributed by atoms with Gasteiger partial charge < -0.3 is 29.0 Å². The van der Waals surface area contributed by atoms with Crippen molar-refractivity contribution in [1.29, 1.82) is 0 Å². The van der Waals surface area contributed by atoms with Crippen molar-refractivity contribution in [3.63, 3.8) is 0 Å². The molecule has 0 saturated carbocycles. The van der Waals surface area contributed by atoms with Crippen molar-refractivity contribution in [3.05, 3.63) is 28.0 Å². The number of alkyl carbamates (subject to hydrolysis) is 1. The molecule has 1 amide bonds. The zero-order valence-corrected chi connectivity index (χ0v) is 20.5. The Labute approximate surface area is 196 Å². The van der Waals surface area contributed by atoms with Crippen LogP contribution in [0, 0.1) is 5.82 Å². The molecule has 0 bridgehead atoms. The first-order chi connectivity index (χ1) is 15.1. The maximum atomic E-state index is 14.7. The summed E-state index contributed by atoms with van der Waals surface area (Å²) in [6.45, 7) is 6.32. The van der Waals surface area contributed by atoms with Crippen LogP contribution in [0.2, 0.25) is 0 Å². The Balaban J connectivity index is 1.96. The summed E-state index contributed by atoms with van der Waals surface area (Å²) in [6, 6.07) is 1.60. The summed E-state index contributed by atoms with van der Waals surface area (Å²) in [5.74, 6) is -0.998. The maximum absolute atomic E-state index is 14.7. The Morgan fingerprint density at radius 1 is 1.28 bits per heavy atom. The number of benzene rings is 1. The SMILES string of the molecule is COC(=O)[C@H](Cc1cc(Br)c(OCCOC2CCCCO2)cc1F)NC(=O)OC(C)(C)C. The molecule has 0 aromatic heterocycles. The summed E-state index contributed by atoms with van der Waals surface area (Å²) in [5, 5.41) is 2.43. The summed E-state index contributed by atoms with van der Waals surface area (Å²) in [7, 11) is 1.19. The number of esters is 1. The van der Waals surface area contributed by atoms with Crippen LogP contribution in [-0.2, 0) is 30.2 Å². The molecule has 1 aliphatic rings. The van der Waals surface area contributed by atoms with E-state index in [9.17, 15) is 14.0 Å². The first kappa shape index (κ1) is 26.3. The van der Waals surface area contributed by atoms with Gasteiger partial charge in [-0.1, -0.05) is 0 Å². The number of hydrogen-bond acceptors (Lipinski definition) is 7. The monoisotopic (exact) mass is 519 g/mol. The van der Waals surface area contributed by atoms with Crippen LogP contribution in [0.15, 0.2) is 16.6 Å². The van der Waals surface area contributed by atoms with E-state index in [2.05, 4.69) is 21.2 Å². The average molecular weight is 520 g/mol. The predicted octanol–water partition coefficient (Wildman–Crippen LogP) is 4.12. The zero-order chi connectivity index (χ0) is 23.7. The van der Waals surface area contributed by atoms with Gasteiger partial charge in [-0.2, -0.15) is 0 Å². The number of methoxy groups -OCH3 is 1. The van der Waals surface area contributed by atoms with E-state index < -0.39 is 29.5 Å². The Morgan fingerprint density at radius 3 is 2.66 bits per heavy atom. The number of amides is 1. The first-order valence-corrected chi connectivity index (χ1v) is 11.3. The van der Waals surface area contributed by atoms with Crippen molar-refractivity contribution in [2.45, 2.75) is 64.4 Å². The minimum Gasteiger partial charge on any atom is -0.490 e. The van der Waals surface area contributed by atoms with E-state index in [1.54, 1.807) is 20.8 Å². The van der Waals surface area contributed by atoms with Gasteiger partial charge in [0.05, 0.1) is 18.2 Å². The van der Waals surface area contributed by atoms with Crippen molar-refractivity contribution in [2.75, 3.05) is 26.9 Å². The normalized spacial score (nSPS) is 17.4. The second kappa shape index (κ2) is 12.4. The summed E-state index contributed by atoms with van der Waals surface area (Å²) in [4.78, 5) is 24.2. The third kappa shape index (κ3) is 8.91. The van der Waals surface area contributed by atoms with Gasteiger partial charge in [-0.3, -0.25) is 0 Å². The highest BCUT2D eigenvalue weighted by Gasteiger charge is 2.27. The van der Waals surface area contributed by atoms with Crippen LogP contribution in [0.5, 0.6) is 5.75 Å². The molecule has 0 aliphatic carbocycles. The van der Waals surface area contributed by atoms with E-state index in [0.717, 1.165) is 19.3 Å². The van der Waals surface area contributed by atoms with E-state index in [1.165, 1.54) is 19.2 Å². The Hall–Kier alpha value is -1.91. The number of rotatable bonds is 9. The highest BCUT2D eigenvalue weighted by Crippen LogP contribution is 2.29. The van der Waals surface area contributed by atoms with Gasteiger partial charge in [0, 0.05) is 19.1 Å². The molecule has 1 heterocycles. The Bertz CT molecular complexity index is 778. The van der Waals surface area contributed by atoms with E-state index in [4.69, 9.17) is 23.7 Å². The van der Waals surface area contributed by atoms with Gasteiger partial charge >= 0.3 is 12.1 Å². The highest BCUT2D eigenvalue weighted by molar-refractivity contribution is 9.10. The fraction of sp³-hybridized carbons (Fsp3) is 0.636. The van der Waals surface area contributed by atoms with Crippen LogP contribution >= 0.6 is 15.9 Å². The lowest BCUT2D eigenvalue weighted by Crippen LogP contribution is -2.45. The summed E-state index contributed by atoms with van der Waals surface area (Å²) < 4.78 is 41.8. The maximum Gasteiger partial charge on any atom is 0.408 e. The molecule has 8 nitrogen and oxygen atoms in total. The van der Waals surface area contributed by atoms with E-state index in [0.29, 0.717) is 23.4 Å². The quantitative estimate of drug-likeness (QED) is 0.387. The molecule has 2 rings (SSSR count). The van der Waals surface area contributed by atoms with Crippen molar-refractivity contribution in [2.24, 2.45) is 0 Å². The molecular formula is C22H31BrFNO7. The van der Waals surface area contributed by atoms with Crippen LogP contribution in [0.4, 0.5) is 9.18 Å². The molecule has 1 N–H and O–H groups in total. The van der Waals surface area contributed by atoms with Gasteiger partial charge in [-0.25, -0.2) is 14.0 Å². The highest BCUT2D eigenvalue weighted by atomic mass is 79.9. The molecule has 32 heavy (non-hydrogen) atoms. The van der Waals surface area contributed by atoms with Crippen LogP contribution in [0.25, 0.3) is 0 Å². The first-order valence-electron chi connectivity index (χ1n) is 10.5. The predicted molar refractivity (Wildman–Crippen MR) is 118 cm³/mol. The van der Waals surface area contributed by atoms with Gasteiger partial charge in [-0.05, 0) is 67.6 Å². The zero-order valence-electron chi connectivity index (χ0n) is 18.9. The summed E-state index contributed by atoms with van der Waals surface area (Å²) in [5.41, 5.74) is -0.548. The minimum atomic E-state index is -1.12. The molecule has 1 aromatic carbocycles. The molecular weight excluding hydrogens is 489 g/mol. The number of ether oxygens (including phenoxy) is 5. The third-order valence-corrected chi connectivity index (χ3v) is 5.10. The van der Waals surface area contributed by atoms with Gasteiger partial charge in [0.1, 0.15) is 29.8 Å². The molecule has 0 spiro atoms. The molecule has 1 aromatic rings. The van der Waals surface area contributed by atoms with Crippen LogP contribution in [0.1, 0.15) is 45.6 Å². The fourth-order valence-electron chi connectivity index (χ4n) is 3.02. The number of carbonyl (C=O) groups excluding carboxylic acids is 2. The van der Waals surface area contributed by atoms with Crippen molar-refractivity contribution < 1.29 is 37.7 Å². The largest absolute Gasteiger partial charge is 0.490 e. The van der Waals surface area contributed by atoms with Crippen LogP contribution < -0.4 is 10.1 Å².